The van der Waals surface area contributed by atoms with Gasteiger partial charge in [0.15, 0.2) is 11.5 Å². The average molecular weight is 432 g/mol. The van der Waals surface area contributed by atoms with Crippen LogP contribution in [0.2, 0.25) is 0 Å². The number of carbonyl (C=O) groups excluding carboxylic acids is 1. The molecule has 4 rings (SSSR count). The Morgan fingerprint density at radius 2 is 1.72 bits per heavy atom. The third kappa shape index (κ3) is 5.12. The highest BCUT2D eigenvalue weighted by Gasteiger charge is 2.12. The number of methoxy groups -OCH3 is 2. The SMILES string of the molecule is COc1cc(NC(=O)CCc2nnc3ccc(NCc4ccccc4)nn23)cc(OC)c1. The number of fused-ring (bicyclic) bond motifs is 1. The average Bonchev–Trinajstić information content (AvgIpc) is 3.24. The number of hydrogen-bond acceptors (Lipinski definition) is 7. The largest absolute Gasteiger partial charge is 0.497 e. The Balaban J connectivity index is 1.40. The molecule has 164 valence electrons. The van der Waals surface area contributed by atoms with Crippen molar-refractivity contribution < 1.29 is 14.3 Å². The second-order valence-electron chi connectivity index (χ2n) is 7.09. The summed E-state index contributed by atoms with van der Waals surface area (Å²) in [6, 6.07) is 19.0. The van der Waals surface area contributed by atoms with Gasteiger partial charge in [0.05, 0.1) is 14.2 Å². The Labute approximate surface area is 185 Å². The van der Waals surface area contributed by atoms with Gasteiger partial charge in [-0.05, 0) is 17.7 Å². The van der Waals surface area contributed by atoms with Gasteiger partial charge in [0.25, 0.3) is 0 Å². The van der Waals surface area contributed by atoms with Crippen LogP contribution in [0.5, 0.6) is 11.5 Å². The first kappa shape index (κ1) is 21.1. The zero-order valence-electron chi connectivity index (χ0n) is 17.9. The third-order valence-electron chi connectivity index (χ3n) is 4.85. The van der Waals surface area contributed by atoms with Gasteiger partial charge in [0.2, 0.25) is 5.91 Å². The van der Waals surface area contributed by atoms with Gasteiger partial charge in [-0.25, -0.2) is 0 Å². The van der Waals surface area contributed by atoms with Crippen molar-refractivity contribution in [2.24, 2.45) is 0 Å². The Morgan fingerprint density at radius 1 is 0.969 bits per heavy atom. The summed E-state index contributed by atoms with van der Waals surface area (Å²) in [5.41, 5.74) is 2.38. The summed E-state index contributed by atoms with van der Waals surface area (Å²) in [6.07, 6.45) is 0.618. The van der Waals surface area contributed by atoms with Gasteiger partial charge in [-0.3, -0.25) is 4.79 Å². The molecule has 0 aliphatic heterocycles. The van der Waals surface area contributed by atoms with E-state index in [9.17, 15) is 4.79 Å². The topological polar surface area (TPSA) is 103 Å². The Bertz CT molecular complexity index is 1190. The normalized spacial score (nSPS) is 10.7. The van der Waals surface area contributed by atoms with Gasteiger partial charge in [-0.2, -0.15) is 4.52 Å². The smallest absolute Gasteiger partial charge is 0.224 e. The first-order valence-electron chi connectivity index (χ1n) is 10.2. The van der Waals surface area contributed by atoms with E-state index in [0.29, 0.717) is 47.4 Å². The van der Waals surface area contributed by atoms with Crippen molar-refractivity contribution in [2.75, 3.05) is 24.9 Å². The van der Waals surface area contributed by atoms with E-state index in [1.165, 1.54) is 0 Å². The molecule has 0 radical (unpaired) electrons. The maximum atomic E-state index is 12.5. The van der Waals surface area contributed by atoms with E-state index >= 15 is 0 Å². The first-order chi connectivity index (χ1) is 15.6. The Morgan fingerprint density at radius 3 is 2.44 bits per heavy atom. The highest BCUT2D eigenvalue weighted by molar-refractivity contribution is 5.91. The van der Waals surface area contributed by atoms with Crippen LogP contribution in [0.3, 0.4) is 0 Å². The van der Waals surface area contributed by atoms with Crippen molar-refractivity contribution >= 4 is 23.1 Å². The summed E-state index contributed by atoms with van der Waals surface area (Å²) < 4.78 is 12.1. The Kier molecular flexibility index (Phi) is 6.45. The number of carbonyl (C=O) groups is 1. The molecule has 9 nitrogen and oxygen atoms in total. The molecule has 2 aromatic carbocycles. The highest BCUT2D eigenvalue weighted by Crippen LogP contribution is 2.25. The molecule has 0 spiro atoms. The molecule has 9 heteroatoms. The number of aryl methyl sites for hydroxylation is 1. The molecular formula is C23H24N6O3. The minimum absolute atomic E-state index is 0.157. The summed E-state index contributed by atoms with van der Waals surface area (Å²) in [6.45, 7) is 0.656. The number of aromatic nitrogens is 4. The molecule has 2 N–H and O–H groups in total. The number of amides is 1. The Hall–Kier alpha value is -4.14. The molecule has 0 fully saturated rings. The van der Waals surface area contributed by atoms with Gasteiger partial charge >= 0.3 is 0 Å². The van der Waals surface area contributed by atoms with Crippen LogP contribution in [0, 0.1) is 0 Å². The van der Waals surface area contributed by atoms with Gasteiger partial charge in [-0.15, -0.1) is 15.3 Å². The molecule has 1 amide bonds. The van der Waals surface area contributed by atoms with E-state index in [0.717, 1.165) is 5.56 Å². The quantitative estimate of drug-likeness (QED) is 0.418. The highest BCUT2D eigenvalue weighted by atomic mass is 16.5. The molecule has 0 saturated carbocycles. The van der Waals surface area contributed by atoms with Gasteiger partial charge in [-0.1, -0.05) is 30.3 Å². The van der Waals surface area contributed by atoms with Crippen molar-refractivity contribution in [1.82, 2.24) is 19.8 Å². The fourth-order valence-electron chi connectivity index (χ4n) is 3.20. The molecule has 0 aliphatic carbocycles. The molecular weight excluding hydrogens is 408 g/mol. The van der Waals surface area contributed by atoms with Gasteiger partial charge in [0.1, 0.15) is 17.3 Å². The van der Waals surface area contributed by atoms with Crippen molar-refractivity contribution in [2.45, 2.75) is 19.4 Å². The second-order valence-corrected chi connectivity index (χ2v) is 7.09. The van der Waals surface area contributed by atoms with Crippen LogP contribution < -0.4 is 20.1 Å². The lowest BCUT2D eigenvalue weighted by Gasteiger charge is -2.10. The van der Waals surface area contributed by atoms with E-state index in [1.807, 2.05) is 42.5 Å². The van der Waals surface area contributed by atoms with E-state index in [4.69, 9.17) is 9.47 Å². The molecule has 32 heavy (non-hydrogen) atoms. The van der Waals surface area contributed by atoms with Crippen molar-refractivity contribution in [3.63, 3.8) is 0 Å². The summed E-state index contributed by atoms with van der Waals surface area (Å²) in [4.78, 5) is 12.5. The number of nitrogens with one attached hydrogen (secondary N) is 2. The minimum atomic E-state index is -0.157. The zero-order chi connectivity index (χ0) is 22.3. The summed E-state index contributed by atoms with van der Waals surface area (Å²) in [7, 11) is 3.12. The molecule has 4 aromatic rings. The number of benzene rings is 2. The van der Waals surface area contributed by atoms with E-state index in [-0.39, 0.29) is 12.3 Å². The summed E-state index contributed by atoms with van der Waals surface area (Å²) in [5.74, 6) is 2.36. The molecule has 0 bridgehead atoms. The number of ether oxygens (including phenoxy) is 2. The predicted molar refractivity (Wildman–Crippen MR) is 121 cm³/mol. The van der Waals surface area contributed by atoms with Crippen LogP contribution in [-0.2, 0) is 17.8 Å². The van der Waals surface area contributed by atoms with Crippen LogP contribution in [0.15, 0.2) is 60.7 Å². The monoisotopic (exact) mass is 432 g/mol. The molecule has 0 aliphatic rings. The van der Waals surface area contributed by atoms with Crippen LogP contribution in [0.25, 0.3) is 5.65 Å². The number of rotatable bonds is 9. The third-order valence-corrected chi connectivity index (χ3v) is 4.85. The molecule has 0 atom stereocenters. The standard InChI is InChI=1S/C23H24N6O3/c1-31-18-12-17(13-19(14-18)32-2)25-23(30)11-10-22-27-26-21-9-8-20(28-29(21)22)24-15-16-6-4-3-5-7-16/h3-9,12-14H,10-11,15H2,1-2H3,(H,24,28)(H,25,30). The zero-order valence-corrected chi connectivity index (χ0v) is 17.9. The van der Waals surface area contributed by atoms with Crippen molar-refractivity contribution in [3.05, 3.63) is 72.1 Å². The van der Waals surface area contributed by atoms with Crippen LogP contribution in [-0.4, -0.2) is 39.9 Å². The maximum Gasteiger partial charge on any atom is 0.224 e. The second kappa shape index (κ2) is 9.78. The van der Waals surface area contributed by atoms with Crippen LogP contribution >= 0.6 is 0 Å². The number of anilines is 2. The van der Waals surface area contributed by atoms with E-state index in [1.54, 1.807) is 36.9 Å². The van der Waals surface area contributed by atoms with Gasteiger partial charge in [0, 0.05) is 43.3 Å². The fourth-order valence-corrected chi connectivity index (χ4v) is 3.20. The minimum Gasteiger partial charge on any atom is -0.497 e. The van der Waals surface area contributed by atoms with Crippen LogP contribution in [0.4, 0.5) is 11.5 Å². The van der Waals surface area contributed by atoms with E-state index < -0.39 is 0 Å². The summed E-state index contributed by atoms with van der Waals surface area (Å²) in [5, 5.41) is 19.1. The van der Waals surface area contributed by atoms with Crippen LogP contribution in [0.1, 0.15) is 17.8 Å². The summed E-state index contributed by atoms with van der Waals surface area (Å²) >= 11 is 0. The maximum absolute atomic E-state index is 12.5. The van der Waals surface area contributed by atoms with Gasteiger partial charge < -0.3 is 20.1 Å². The predicted octanol–water partition coefficient (Wildman–Crippen LogP) is 3.32. The lowest BCUT2D eigenvalue weighted by molar-refractivity contribution is -0.116. The molecule has 2 heterocycles. The number of hydrogen-bond donors (Lipinski definition) is 2. The number of nitrogens with zero attached hydrogens (tertiary/aromatic N) is 4. The van der Waals surface area contributed by atoms with Crippen molar-refractivity contribution in [1.29, 1.82) is 0 Å². The van der Waals surface area contributed by atoms with E-state index in [2.05, 4.69) is 25.9 Å². The fraction of sp³-hybridized carbons (Fsp3) is 0.217. The lowest BCUT2D eigenvalue weighted by Crippen LogP contribution is -2.14. The molecule has 0 saturated heterocycles. The molecule has 2 aromatic heterocycles. The van der Waals surface area contributed by atoms with Crippen molar-refractivity contribution in [3.8, 4) is 11.5 Å². The lowest BCUT2D eigenvalue weighted by atomic mass is 10.2. The first-order valence-corrected chi connectivity index (χ1v) is 10.2. The molecule has 0 unspecified atom stereocenters.